The Balaban J connectivity index is 1.23. The molecule has 2 heteroatoms. The van der Waals surface area contributed by atoms with E-state index in [0.29, 0.717) is 0 Å². The molecule has 282 valence electrons. The summed E-state index contributed by atoms with van der Waals surface area (Å²) in [6.45, 7) is 6.34. The minimum Gasteiger partial charge on any atom is -0.341 e. The third-order valence-corrected chi connectivity index (χ3v) is 13.6. The average molecular weight is 765 g/mol. The zero-order valence-electron chi connectivity index (χ0n) is 33.6. The highest BCUT2D eigenvalue weighted by Crippen LogP contribution is 2.49. The van der Waals surface area contributed by atoms with E-state index in [1.807, 2.05) is 0 Å². The molecular formula is C58H40N2. The zero-order chi connectivity index (χ0) is 39.6. The van der Waals surface area contributed by atoms with Crippen LogP contribution in [0.4, 0.5) is 0 Å². The Bertz CT molecular complexity index is 3730. The van der Waals surface area contributed by atoms with E-state index in [2.05, 4.69) is 205 Å². The van der Waals surface area contributed by atoms with Crippen molar-refractivity contribution in [1.82, 2.24) is 9.13 Å². The van der Waals surface area contributed by atoms with Crippen LogP contribution in [-0.4, -0.2) is 9.13 Å². The smallest absolute Gasteiger partial charge is 0.0497 e. The van der Waals surface area contributed by atoms with E-state index in [1.165, 1.54) is 131 Å². The first kappa shape index (κ1) is 33.5. The molecule has 0 unspecified atom stereocenters. The standard InChI is InChI=1S/C58H40N2/c1-3-59-50-27-7-5-18-45(50)57-40(25-13-29-52(57)59)38-20-11-23-42-47(38)34-48-39(41-26-14-30-53-58(41)46-19-6-8-28-51(46)60(53)4-2)21-12-24-43(48)56(42)49-33-37-17-9-15-35-31-32-36-16-10-22-44(49)55(36)54(35)37/h5-34H,3-4H2,1-2H3. The quantitative estimate of drug-likeness (QED) is 0.122. The molecule has 0 atom stereocenters. The average Bonchev–Trinajstić information content (AvgIpc) is 3.82. The highest BCUT2D eigenvalue weighted by molar-refractivity contribution is 6.31. The molecule has 2 heterocycles. The molecular weight excluding hydrogens is 725 g/mol. The number of aromatic nitrogens is 2. The number of rotatable bonds is 5. The second-order valence-electron chi connectivity index (χ2n) is 16.4. The molecule has 0 aliphatic carbocycles. The maximum atomic E-state index is 2.52. The van der Waals surface area contributed by atoms with Gasteiger partial charge in [0.25, 0.3) is 0 Å². The molecule has 0 amide bonds. The summed E-state index contributed by atoms with van der Waals surface area (Å²) in [5, 5.41) is 18.1. The monoisotopic (exact) mass is 764 g/mol. The fraction of sp³-hybridized carbons (Fsp3) is 0.0690. The predicted octanol–water partition coefficient (Wildman–Crippen LogP) is 16.1. The second kappa shape index (κ2) is 12.5. The van der Waals surface area contributed by atoms with Crippen LogP contribution in [0.25, 0.3) is 131 Å². The van der Waals surface area contributed by atoms with E-state index in [1.54, 1.807) is 0 Å². The van der Waals surface area contributed by atoms with Gasteiger partial charge in [0.1, 0.15) is 0 Å². The minimum absolute atomic E-state index is 0.912. The molecule has 0 radical (unpaired) electrons. The van der Waals surface area contributed by atoms with Crippen LogP contribution in [0.3, 0.4) is 0 Å². The summed E-state index contributed by atoms with van der Waals surface area (Å²) in [4.78, 5) is 0. The van der Waals surface area contributed by atoms with Gasteiger partial charge in [-0.25, -0.2) is 0 Å². The van der Waals surface area contributed by atoms with Crippen molar-refractivity contribution < 1.29 is 0 Å². The van der Waals surface area contributed by atoms with Gasteiger partial charge >= 0.3 is 0 Å². The van der Waals surface area contributed by atoms with Gasteiger partial charge in [0.15, 0.2) is 0 Å². The maximum Gasteiger partial charge on any atom is 0.0497 e. The Hall–Kier alpha value is -7.42. The van der Waals surface area contributed by atoms with Crippen LogP contribution in [0.2, 0.25) is 0 Å². The molecule has 2 nitrogen and oxygen atoms in total. The summed E-state index contributed by atoms with van der Waals surface area (Å²) in [6.07, 6.45) is 0. The minimum atomic E-state index is 0.912. The molecule has 11 aromatic carbocycles. The van der Waals surface area contributed by atoms with Crippen LogP contribution in [0.15, 0.2) is 182 Å². The molecule has 0 N–H and O–H groups in total. The van der Waals surface area contributed by atoms with Gasteiger partial charge in [-0.1, -0.05) is 146 Å². The number of benzene rings is 11. The Kier molecular flexibility index (Phi) is 7.01. The molecule has 0 aliphatic heterocycles. The van der Waals surface area contributed by atoms with Crippen molar-refractivity contribution in [1.29, 1.82) is 0 Å². The van der Waals surface area contributed by atoms with Crippen LogP contribution in [-0.2, 0) is 13.1 Å². The van der Waals surface area contributed by atoms with E-state index >= 15 is 0 Å². The molecule has 0 spiro atoms. The molecule has 13 rings (SSSR count). The molecule has 0 aliphatic rings. The lowest BCUT2D eigenvalue weighted by atomic mass is 9.82. The fourth-order valence-corrected chi connectivity index (χ4v) is 11.2. The molecule has 60 heavy (non-hydrogen) atoms. The number of fused-ring (bicyclic) bond motifs is 8. The number of nitrogens with zero attached hydrogens (tertiary/aromatic N) is 2. The second-order valence-corrected chi connectivity index (χ2v) is 16.4. The number of hydrogen-bond acceptors (Lipinski definition) is 0. The molecule has 0 fully saturated rings. The van der Waals surface area contributed by atoms with Crippen LogP contribution in [0.1, 0.15) is 13.8 Å². The van der Waals surface area contributed by atoms with Crippen molar-refractivity contribution in [2.75, 3.05) is 0 Å². The van der Waals surface area contributed by atoms with Gasteiger partial charge in [-0.05, 0) is 137 Å². The molecule has 0 saturated carbocycles. The summed E-state index contributed by atoms with van der Waals surface area (Å²) in [5.41, 5.74) is 12.7. The molecule has 0 saturated heterocycles. The van der Waals surface area contributed by atoms with Gasteiger partial charge in [-0.2, -0.15) is 0 Å². The van der Waals surface area contributed by atoms with Gasteiger partial charge in [0, 0.05) is 56.7 Å². The summed E-state index contributed by atoms with van der Waals surface area (Å²) >= 11 is 0. The first-order valence-electron chi connectivity index (χ1n) is 21.4. The lowest BCUT2D eigenvalue weighted by Gasteiger charge is -2.21. The predicted molar refractivity (Wildman–Crippen MR) is 259 cm³/mol. The fourth-order valence-electron chi connectivity index (χ4n) is 11.2. The van der Waals surface area contributed by atoms with Crippen molar-refractivity contribution in [3.63, 3.8) is 0 Å². The SMILES string of the molecule is CCn1c2ccccc2c2c(-c3cccc4c(-c5cc6cccc7ccc8cccc5c8c76)c5cccc(-c6cccc7c6c6ccccc6n7CC)c5cc34)cccc21. The van der Waals surface area contributed by atoms with Crippen LogP contribution in [0, 0.1) is 0 Å². The first-order valence-corrected chi connectivity index (χ1v) is 21.4. The lowest BCUT2D eigenvalue weighted by Crippen LogP contribution is -1.94. The normalized spacial score (nSPS) is 12.3. The number of aryl methyl sites for hydroxylation is 2. The largest absolute Gasteiger partial charge is 0.341 e. The van der Waals surface area contributed by atoms with Crippen molar-refractivity contribution in [3.8, 4) is 33.4 Å². The molecule has 0 bridgehead atoms. The molecule has 2 aromatic heterocycles. The van der Waals surface area contributed by atoms with Crippen LogP contribution in [0.5, 0.6) is 0 Å². The van der Waals surface area contributed by atoms with Gasteiger partial charge in [-0.3, -0.25) is 0 Å². The highest BCUT2D eigenvalue weighted by atomic mass is 15.0. The van der Waals surface area contributed by atoms with E-state index < -0.39 is 0 Å². The lowest BCUT2D eigenvalue weighted by molar-refractivity contribution is 0.827. The van der Waals surface area contributed by atoms with Gasteiger partial charge in [0.05, 0.1) is 0 Å². The first-order chi connectivity index (χ1) is 29.7. The Morgan fingerprint density at radius 1 is 0.283 bits per heavy atom. The van der Waals surface area contributed by atoms with Crippen molar-refractivity contribution in [2.45, 2.75) is 26.9 Å². The maximum absolute atomic E-state index is 2.52. The summed E-state index contributed by atoms with van der Waals surface area (Å²) < 4.78 is 4.94. The summed E-state index contributed by atoms with van der Waals surface area (Å²) in [7, 11) is 0. The topological polar surface area (TPSA) is 9.86 Å². The third kappa shape index (κ3) is 4.43. The summed E-state index contributed by atoms with van der Waals surface area (Å²) in [5.74, 6) is 0. The van der Waals surface area contributed by atoms with E-state index in [0.717, 1.165) is 13.1 Å². The van der Waals surface area contributed by atoms with E-state index in [9.17, 15) is 0 Å². The highest BCUT2D eigenvalue weighted by Gasteiger charge is 2.23. The van der Waals surface area contributed by atoms with Gasteiger partial charge < -0.3 is 9.13 Å². The van der Waals surface area contributed by atoms with Crippen molar-refractivity contribution >= 4 is 97.5 Å². The van der Waals surface area contributed by atoms with E-state index in [-0.39, 0.29) is 0 Å². The molecule has 13 aromatic rings. The number of hydrogen-bond donors (Lipinski definition) is 0. The van der Waals surface area contributed by atoms with Crippen molar-refractivity contribution in [3.05, 3.63) is 182 Å². The van der Waals surface area contributed by atoms with E-state index in [4.69, 9.17) is 0 Å². The van der Waals surface area contributed by atoms with Gasteiger partial charge in [-0.15, -0.1) is 0 Å². The van der Waals surface area contributed by atoms with Gasteiger partial charge in [0.2, 0.25) is 0 Å². The number of para-hydroxylation sites is 2. The Morgan fingerprint density at radius 2 is 0.717 bits per heavy atom. The summed E-state index contributed by atoms with van der Waals surface area (Å²) in [6, 6.07) is 68.9. The zero-order valence-corrected chi connectivity index (χ0v) is 33.6. The Morgan fingerprint density at radius 3 is 1.30 bits per heavy atom. The third-order valence-electron chi connectivity index (χ3n) is 13.6. The van der Waals surface area contributed by atoms with Crippen LogP contribution < -0.4 is 0 Å². The van der Waals surface area contributed by atoms with Crippen LogP contribution >= 0.6 is 0 Å². The Labute approximate surface area is 347 Å². The van der Waals surface area contributed by atoms with Crippen molar-refractivity contribution in [2.24, 2.45) is 0 Å².